The highest BCUT2D eigenvalue weighted by Gasteiger charge is 2.40. The summed E-state index contributed by atoms with van der Waals surface area (Å²) >= 11 is 0. The van der Waals surface area contributed by atoms with E-state index >= 15 is 0 Å². The Labute approximate surface area is 117 Å². The summed E-state index contributed by atoms with van der Waals surface area (Å²) in [6, 6.07) is 8.04. The minimum Gasteiger partial charge on any atom is -0.493 e. The van der Waals surface area contributed by atoms with Crippen molar-refractivity contribution >= 4 is 0 Å². The van der Waals surface area contributed by atoms with Gasteiger partial charge in [0.15, 0.2) is 5.82 Å². The molecule has 0 amide bonds. The summed E-state index contributed by atoms with van der Waals surface area (Å²) in [5.74, 6) is 2.37. The van der Waals surface area contributed by atoms with Crippen molar-refractivity contribution in [2.24, 2.45) is 5.73 Å². The van der Waals surface area contributed by atoms with Crippen molar-refractivity contribution in [2.45, 2.75) is 37.1 Å². The number of nitrogens with two attached hydrogens (primary N) is 1. The molecule has 20 heavy (non-hydrogen) atoms. The Bertz CT molecular complexity index is 634. The van der Waals surface area contributed by atoms with E-state index < -0.39 is 5.54 Å². The van der Waals surface area contributed by atoms with Gasteiger partial charge in [0.25, 0.3) is 0 Å². The van der Waals surface area contributed by atoms with Gasteiger partial charge >= 0.3 is 0 Å². The van der Waals surface area contributed by atoms with Gasteiger partial charge in [-0.1, -0.05) is 23.4 Å². The van der Waals surface area contributed by atoms with Crippen molar-refractivity contribution in [1.82, 2.24) is 10.1 Å². The molecule has 5 nitrogen and oxygen atoms in total. The Balaban J connectivity index is 1.69. The Hall–Kier alpha value is -1.88. The fourth-order valence-electron chi connectivity index (χ4n) is 2.96. The zero-order chi connectivity index (χ0) is 13.6. The summed E-state index contributed by atoms with van der Waals surface area (Å²) in [5.41, 5.74) is 6.98. The molecule has 1 aliphatic heterocycles. The van der Waals surface area contributed by atoms with Crippen LogP contribution >= 0.6 is 0 Å². The molecule has 1 aromatic heterocycles. The molecule has 1 unspecified atom stereocenters. The number of ether oxygens (including phenoxy) is 1. The SMILES string of the molecule is NC1(c2nc(C3CCOc4ccccc43)no2)CCC1. The molecule has 5 heteroatoms. The number of hydrogen-bond donors (Lipinski definition) is 1. The van der Waals surface area contributed by atoms with E-state index in [2.05, 4.69) is 16.2 Å². The summed E-state index contributed by atoms with van der Waals surface area (Å²) in [4.78, 5) is 4.57. The number of para-hydroxylation sites is 1. The first-order valence-electron chi connectivity index (χ1n) is 7.11. The molecule has 4 rings (SSSR count). The molecule has 1 fully saturated rings. The zero-order valence-electron chi connectivity index (χ0n) is 11.2. The maximum absolute atomic E-state index is 6.24. The molecule has 2 heterocycles. The molecule has 104 valence electrons. The van der Waals surface area contributed by atoms with Crippen molar-refractivity contribution in [3.8, 4) is 5.75 Å². The molecular weight excluding hydrogens is 254 g/mol. The molecule has 2 aromatic rings. The first kappa shape index (κ1) is 11.9. The van der Waals surface area contributed by atoms with E-state index in [1.54, 1.807) is 0 Å². The largest absolute Gasteiger partial charge is 0.493 e. The average molecular weight is 271 g/mol. The minimum atomic E-state index is -0.393. The molecule has 1 atom stereocenters. The number of nitrogens with zero attached hydrogens (tertiary/aromatic N) is 2. The third kappa shape index (κ3) is 1.73. The second kappa shape index (κ2) is 4.31. The van der Waals surface area contributed by atoms with Crippen LogP contribution in [-0.2, 0) is 5.54 Å². The van der Waals surface area contributed by atoms with Crippen LogP contribution in [0.15, 0.2) is 28.8 Å². The Morgan fingerprint density at radius 1 is 1.25 bits per heavy atom. The van der Waals surface area contributed by atoms with Crippen LogP contribution in [0.2, 0.25) is 0 Å². The third-order valence-electron chi connectivity index (χ3n) is 4.38. The molecular formula is C15H17N3O2. The quantitative estimate of drug-likeness (QED) is 0.907. The molecule has 1 aromatic carbocycles. The summed E-state index contributed by atoms with van der Waals surface area (Å²) in [6.07, 6.45) is 3.86. The van der Waals surface area contributed by atoms with Gasteiger partial charge in [0.2, 0.25) is 5.89 Å². The summed E-state index contributed by atoms with van der Waals surface area (Å²) in [5, 5.41) is 4.17. The van der Waals surface area contributed by atoms with Gasteiger partial charge in [-0.05, 0) is 31.7 Å². The maximum Gasteiger partial charge on any atom is 0.246 e. The second-order valence-corrected chi connectivity index (χ2v) is 5.69. The smallest absolute Gasteiger partial charge is 0.246 e. The fourth-order valence-corrected chi connectivity index (χ4v) is 2.96. The van der Waals surface area contributed by atoms with Gasteiger partial charge in [0.05, 0.1) is 18.1 Å². The van der Waals surface area contributed by atoms with E-state index in [1.165, 1.54) is 0 Å². The molecule has 0 radical (unpaired) electrons. The van der Waals surface area contributed by atoms with Crippen LogP contribution in [0.25, 0.3) is 0 Å². The van der Waals surface area contributed by atoms with Gasteiger partial charge in [0, 0.05) is 5.56 Å². The van der Waals surface area contributed by atoms with Crippen LogP contribution in [0.3, 0.4) is 0 Å². The zero-order valence-corrected chi connectivity index (χ0v) is 11.2. The first-order valence-corrected chi connectivity index (χ1v) is 7.11. The molecule has 0 spiro atoms. The monoisotopic (exact) mass is 271 g/mol. The van der Waals surface area contributed by atoms with E-state index in [0.29, 0.717) is 12.5 Å². The highest BCUT2D eigenvalue weighted by molar-refractivity contribution is 5.40. The predicted octanol–water partition coefficient (Wildman–Crippen LogP) is 2.32. The van der Waals surface area contributed by atoms with Crippen LogP contribution in [0, 0.1) is 0 Å². The van der Waals surface area contributed by atoms with Gasteiger partial charge in [-0.2, -0.15) is 4.98 Å². The van der Waals surface area contributed by atoms with Gasteiger partial charge in [0.1, 0.15) is 5.75 Å². The van der Waals surface area contributed by atoms with Crippen LogP contribution in [0.1, 0.15) is 48.9 Å². The minimum absolute atomic E-state index is 0.140. The molecule has 0 saturated heterocycles. The highest BCUT2D eigenvalue weighted by atomic mass is 16.5. The normalized spacial score (nSPS) is 23.6. The van der Waals surface area contributed by atoms with Crippen LogP contribution < -0.4 is 10.5 Å². The lowest BCUT2D eigenvalue weighted by Gasteiger charge is -2.33. The number of benzene rings is 1. The van der Waals surface area contributed by atoms with E-state index in [4.69, 9.17) is 15.0 Å². The summed E-state index contributed by atoms with van der Waals surface area (Å²) in [6.45, 7) is 0.680. The van der Waals surface area contributed by atoms with Crippen molar-refractivity contribution in [3.05, 3.63) is 41.5 Å². The first-order chi connectivity index (χ1) is 9.76. The van der Waals surface area contributed by atoms with E-state index in [9.17, 15) is 0 Å². The van der Waals surface area contributed by atoms with Crippen molar-refractivity contribution in [2.75, 3.05) is 6.61 Å². The van der Waals surface area contributed by atoms with Gasteiger partial charge in [-0.3, -0.25) is 0 Å². The lowest BCUT2D eigenvalue weighted by atomic mass is 9.77. The molecule has 0 bridgehead atoms. The standard InChI is InChI=1S/C15H17N3O2/c16-15(7-3-8-15)14-17-13(18-20-14)11-6-9-19-12-5-2-1-4-10(11)12/h1-2,4-5,11H,3,6-9,16H2. The van der Waals surface area contributed by atoms with E-state index in [-0.39, 0.29) is 5.92 Å². The van der Waals surface area contributed by atoms with E-state index in [0.717, 1.165) is 42.8 Å². The van der Waals surface area contributed by atoms with Gasteiger partial charge in [-0.25, -0.2) is 0 Å². The van der Waals surface area contributed by atoms with Crippen molar-refractivity contribution in [1.29, 1.82) is 0 Å². The maximum atomic E-state index is 6.24. The summed E-state index contributed by atoms with van der Waals surface area (Å²) in [7, 11) is 0. The lowest BCUT2D eigenvalue weighted by molar-refractivity contribution is 0.181. The van der Waals surface area contributed by atoms with Crippen molar-refractivity contribution in [3.63, 3.8) is 0 Å². The average Bonchev–Trinajstić information content (AvgIpc) is 2.94. The fraction of sp³-hybridized carbons (Fsp3) is 0.467. The Morgan fingerprint density at radius 3 is 2.90 bits per heavy atom. The number of aromatic nitrogens is 2. The Morgan fingerprint density at radius 2 is 2.10 bits per heavy atom. The lowest BCUT2D eigenvalue weighted by Crippen LogP contribution is -2.43. The van der Waals surface area contributed by atoms with Crippen molar-refractivity contribution < 1.29 is 9.26 Å². The summed E-state index contributed by atoms with van der Waals surface area (Å²) < 4.78 is 11.1. The second-order valence-electron chi connectivity index (χ2n) is 5.69. The highest BCUT2D eigenvalue weighted by Crippen LogP contribution is 2.40. The molecule has 2 N–H and O–H groups in total. The van der Waals surface area contributed by atoms with Gasteiger partial charge < -0.3 is 15.0 Å². The van der Waals surface area contributed by atoms with Crippen LogP contribution in [0.4, 0.5) is 0 Å². The molecule has 2 aliphatic rings. The third-order valence-corrected chi connectivity index (χ3v) is 4.38. The topological polar surface area (TPSA) is 74.2 Å². The van der Waals surface area contributed by atoms with Gasteiger partial charge in [-0.15, -0.1) is 0 Å². The predicted molar refractivity (Wildman–Crippen MR) is 72.4 cm³/mol. The molecule has 1 saturated carbocycles. The van der Waals surface area contributed by atoms with Crippen LogP contribution in [0.5, 0.6) is 5.75 Å². The van der Waals surface area contributed by atoms with Crippen LogP contribution in [-0.4, -0.2) is 16.7 Å². The number of fused-ring (bicyclic) bond motifs is 1. The number of rotatable bonds is 2. The molecule has 1 aliphatic carbocycles. The Kier molecular flexibility index (Phi) is 2.57. The van der Waals surface area contributed by atoms with E-state index in [1.807, 2.05) is 18.2 Å². The number of hydrogen-bond acceptors (Lipinski definition) is 5.